The second kappa shape index (κ2) is 6.27. The van der Waals surface area contributed by atoms with Crippen molar-refractivity contribution >= 4 is 15.9 Å². The van der Waals surface area contributed by atoms with Gasteiger partial charge in [-0.25, -0.2) is 0 Å². The van der Waals surface area contributed by atoms with Crippen molar-refractivity contribution in [3.8, 4) is 11.4 Å². The van der Waals surface area contributed by atoms with E-state index in [1.807, 2.05) is 29.7 Å². The molecule has 1 aromatic heterocycles. The van der Waals surface area contributed by atoms with Crippen LogP contribution >= 0.6 is 15.9 Å². The van der Waals surface area contributed by atoms with E-state index in [0.717, 1.165) is 21.4 Å². The number of hydrogen-bond donors (Lipinski definition) is 1. The first kappa shape index (κ1) is 14.2. The third-order valence-electron chi connectivity index (χ3n) is 2.92. The molecular weight excluding hydrogens is 310 g/mol. The van der Waals surface area contributed by atoms with Gasteiger partial charge in [0.25, 0.3) is 0 Å². The molecule has 5 nitrogen and oxygen atoms in total. The van der Waals surface area contributed by atoms with Crippen molar-refractivity contribution in [2.45, 2.75) is 20.1 Å². The summed E-state index contributed by atoms with van der Waals surface area (Å²) in [4.78, 5) is 0. The third kappa shape index (κ3) is 3.02. The SMILES string of the molecule is COCCn1c(CO)nnc1-c1ccc(C)c(Br)c1. The smallest absolute Gasteiger partial charge is 0.164 e. The summed E-state index contributed by atoms with van der Waals surface area (Å²) in [5, 5.41) is 17.5. The van der Waals surface area contributed by atoms with E-state index < -0.39 is 0 Å². The maximum atomic E-state index is 9.30. The van der Waals surface area contributed by atoms with Crippen LogP contribution in [-0.4, -0.2) is 33.6 Å². The maximum absolute atomic E-state index is 9.30. The topological polar surface area (TPSA) is 60.2 Å². The van der Waals surface area contributed by atoms with Gasteiger partial charge in [-0.2, -0.15) is 0 Å². The first-order chi connectivity index (χ1) is 9.17. The van der Waals surface area contributed by atoms with Gasteiger partial charge in [0.05, 0.1) is 6.61 Å². The summed E-state index contributed by atoms with van der Waals surface area (Å²) in [6.07, 6.45) is 0. The van der Waals surface area contributed by atoms with Crippen LogP contribution in [0, 0.1) is 6.92 Å². The zero-order valence-electron chi connectivity index (χ0n) is 10.9. The van der Waals surface area contributed by atoms with Gasteiger partial charge in [0.2, 0.25) is 0 Å². The standard InChI is InChI=1S/C13H16BrN3O2/c1-9-3-4-10(7-11(9)14)13-16-15-12(8-18)17(13)5-6-19-2/h3-4,7,18H,5-6,8H2,1-2H3. The van der Waals surface area contributed by atoms with Crippen LogP contribution in [0.4, 0.5) is 0 Å². The number of rotatable bonds is 5. The lowest BCUT2D eigenvalue weighted by Gasteiger charge is -2.09. The van der Waals surface area contributed by atoms with Gasteiger partial charge >= 0.3 is 0 Å². The molecule has 0 aliphatic carbocycles. The lowest BCUT2D eigenvalue weighted by atomic mass is 10.1. The predicted octanol–water partition coefficient (Wildman–Crippen LogP) is 2.15. The molecular formula is C13H16BrN3O2. The predicted molar refractivity (Wildman–Crippen MR) is 75.7 cm³/mol. The van der Waals surface area contributed by atoms with Crippen molar-refractivity contribution in [3.63, 3.8) is 0 Å². The average Bonchev–Trinajstić information content (AvgIpc) is 2.82. The highest BCUT2D eigenvalue weighted by atomic mass is 79.9. The lowest BCUT2D eigenvalue weighted by molar-refractivity contribution is 0.183. The average molecular weight is 326 g/mol. The number of aliphatic hydroxyl groups excluding tert-OH is 1. The number of nitrogens with zero attached hydrogens (tertiary/aromatic N) is 3. The van der Waals surface area contributed by atoms with E-state index in [0.29, 0.717) is 19.0 Å². The molecule has 0 radical (unpaired) electrons. The second-order valence-corrected chi connectivity index (χ2v) is 5.06. The van der Waals surface area contributed by atoms with E-state index in [1.165, 1.54) is 0 Å². The number of benzene rings is 1. The number of hydrogen-bond acceptors (Lipinski definition) is 4. The number of ether oxygens (including phenoxy) is 1. The van der Waals surface area contributed by atoms with Gasteiger partial charge in [0, 0.05) is 23.7 Å². The fourth-order valence-corrected chi connectivity index (χ4v) is 2.19. The Bertz CT molecular complexity index is 569. The highest BCUT2D eigenvalue weighted by Gasteiger charge is 2.13. The van der Waals surface area contributed by atoms with E-state index in [4.69, 9.17) is 4.74 Å². The minimum absolute atomic E-state index is 0.135. The van der Waals surface area contributed by atoms with Crippen molar-refractivity contribution < 1.29 is 9.84 Å². The van der Waals surface area contributed by atoms with E-state index in [2.05, 4.69) is 26.1 Å². The Morgan fingerprint density at radius 2 is 2.16 bits per heavy atom. The number of aliphatic hydroxyl groups is 1. The molecule has 2 rings (SSSR count). The summed E-state index contributed by atoms with van der Waals surface area (Å²) < 4.78 is 7.98. The van der Waals surface area contributed by atoms with Crippen LogP contribution in [0.3, 0.4) is 0 Å². The summed E-state index contributed by atoms with van der Waals surface area (Å²) in [6, 6.07) is 6.02. The van der Waals surface area contributed by atoms with Crippen molar-refractivity contribution in [3.05, 3.63) is 34.1 Å². The monoisotopic (exact) mass is 325 g/mol. The minimum atomic E-state index is -0.135. The summed E-state index contributed by atoms with van der Waals surface area (Å²) in [6.45, 7) is 3.05. The van der Waals surface area contributed by atoms with Gasteiger partial charge in [-0.1, -0.05) is 28.1 Å². The Labute approximate surface area is 120 Å². The quantitative estimate of drug-likeness (QED) is 0.915. The molecule has 0 amide bonds. The highest BCUT2D eigenvalue weighted by molar-refractivity contribution is 9.10. The summed E-state index contributed by atoms with van der Waals surface area (Å²) >= 11 is 3.51. The molecule has 6 heteroatoms. The number of aromatic nitrogens is 3. The number of aryl methyl sites for hydroxylation is 1. The maximum Gasteiger partial charge on any atom is 0.164 e. The van der Waals surface area contributed by atoms with Crippen LogP contribution in [0.2, 0.25) is 0 Å². The van der Waals surface area contributed by atoms with Crippen molar-refractivity contribution in [2.75, 3.05) is 13.7 Å². The summed E-state index contributed by atoms with van der Waals surface area (Å²) in [5.41, 5.74) is 2.12. The molecule has 0 aliphatic rings. The normalized spacial score (nSPS) is 10.9. The first-order valence-corrected chi connectivity index (χ1v) is 6.75. The number of methoxy groups -OCH3 is 1. The molecule has 102 valence electrons. The van der Waals surface area contributed by atoms with Gasteiger partial charge in [-0.3, -0.25) is 0 Å². The highest BCUT2D eigenvalue weighted by Crippen LogP contribution is 2.25. The van der Waals surface area contributed by atoms with Gasteiger partial charge in [-0.05, 0) is 18.6 Å². The van der Waals surface area contributed by atoms with E-state index in [-0.39, 0.29) is 6.61 Å². The van der Waals surface area contributed by atoms with Gasteiger partial charge < -0.3 is 14.4 Å². The molecule has 0 saturated heterocycles. The van der Waals surface area contributed by atoms with E-state index in [9.17, 15) is 5.11 Å². The molecule has 0 fully saturated rings. The molecule has 1 aromatic carbocycles. The number of halogens is 1. The largest absolute Gasteiger partial charge is 0.388 e. The van der Waals surface area contributed by atoms with Crippen molar-refractivity contribution in [2.24, 2.45) is 0 Å². The molecule has 0 unspecified atom stereocenters. The first-order valence-electron chi connectivity index (χ1n) is 5.95. The fourth-order valence-electron chi connectivity index (χ4n) is 1.82. The van der Waals surface area contributed by atoms with Crippen LogP contribution in [0.1, 0.15) is 11.4 Å². The van der Waals surface area contributed by atoms with Gasteiger partial charge in [0.1, 0.15) is 6.61 Å². The molecule has 2 aromatic rings. The molecule has 0 spiro atoms. The molecule has 1 N–H and O–H groups in total. The minimum Gasteiger partial charge on any atom is -0.388 e. The van der Waals surface area contributed by atoms with E-state index in [1.54, 1.807) is 7.11 Å². The van der Waals surface area contributed by atoms with Crippen LogP contribution in [0.15, 0.2) is 22.7 Å². The van der Waals surface area contributed by atoms with Gasteiger partial charge in [-0.15, -0.1) is 10.2 Å². The van der Waals surface area contributed by atoms with E-state index >= 15 is 0 Å². The summed E-state index contributed by atoms with van der Waals surface area (Å²) in [7, 11) is 1.64. The Balaban J connectivity index is 2.42. The Morgan fingerprint density at radius 1 is 1.37 bits per heavy atom. The van der Waals surface area contributed by atoms with Gasteiger partial charge in [0.15, 0.2) is 11.6 Å². The molecule has 0 atom stereocenters. The zero-order chi connectivity index (χ0) is 13.8. The van der Waals surface area contributed by atoms with Crippen molar-refractivity contribution in [1.82, 2.24) is 14.8 Å². The molecule has 0 saturated carbocycles. The molecule has 19 heavy (non-hydrogen) atoms. The van der Waals surface area contributed by atoms with Crippen LogP contribution in [0.25, 0.3) is 11.4 Å². The fraction of sp³-hybridized carbons (Fsp3) is 0.385. The van der Waals surface area contributed by atoms with Crippen molar-refractivity contribution in [1.29, 1.82) is 0 Å². The van der Waals surface area contributed by atoms with Crippen LogP contribution < -0.4 is 0 Å². The lowest BCUT2D eigenvalue weighted by Crippen LogP contribution is -2.10. The van der Waals surface area contributed by atoms with Crippen LogP contribution in [0.5, 0.6) is 0 Å². The molecule has 1 heterocycles. The second-order valence-electron chi connectivity index (χ2n) is 4.21. The van der Waals surface area contributed by atoms with Crippen LogP contribution in [-0.2, 0) is 17.9 Å². The molecule has 0 bridgehead atoms. The zero-order valence-corrected chi connectivity index (χ0v) is 12.5. The molecule has 0 aliphatic heterocycles. The summed E-state index contributed by atoms with van der Waals surface area (Å²) in [5.74, 6) is 1.28. The Hall–Kier alpha value is -1.24. The Kier molecular flexibility index (Phi) is 4.68. The third-order valence-corrected chi connectivity index (χ3v) is 3.77. The Morgan fingerprint density at radius 3 is 2.79 bits per heavy atom.